The Bertz CT molecular complexity index is 387. The van der Waals surface area contributed by atoms with Gasteiger partial charge in [0.15, 0.2) is 0 Å². The summed E-state index contributed by atoms with van der Waals surface area (Å²) in [6.07, 6.45) is 0. The van der Waals surface area contributed by atoms with Crippen LogP contribution in [0, 0.1) is 0 Å². The van der Waals surface area contributed by atoms with Crippen molar-refractivity contribution in [2.75, 3.05) is 11.9 Å². The first-order valence-corrected chi connectivity index (χ1v) is 5.46. The molecular weight excluding hydrogens is 188 g/mol. The number of hydrogen-bond donors (Lipinski definition) is 2. The van der Waals surface area contributed by atoms with Gasteiger partial charge < -0.3 is 5.32 Å². The van der Waals surface area contributed by atoms with Gasteiger partial charge in [0.1, 0.15) is 4.90 Å². The molecule has 0 aliphatic heterocycles. The molecule has 0 aliphatic carbocycles. The number of para-hydroxylation sites is 1. The van der Waals surface area contributed by atoms with E-state index in [-0.39, 0.29) is 4.90 Å². The number of primary sulfonamides is 1. The van der Waals surface area contributed by atoms with Crippen molar-refractivity contribution in [1.29, 1.82) is 0 Å². The Morgan fingerprint density at radius 2 is 2.00 bits per heavy atom. The summed E-state index contributed by atoms with van der Waals surface area (Å²) in [7, 11) is -3.62. The molecule has 3 N–H and O–H groups in total. The second-order valence-electron chi connectivity index (χ2n) is 2.57. The molecule has 1 rings (SSSR count). The van der Waals surface area contributed by atoms with Gasteiger partial charge >= 0.3 is 0 Å². The molecule has 72 valence electrons. The van der Waals surface area contributed by atoms with Crippen molar-refractivity contribution in [3.05, 3.63) is 24.3 Å². The minimum absolute atomic E-state index is 0.136. The highest BCUT2D eigenvalue weighted by Gasteiger charge is 2.11. The van der Waals surface area contributed by atoms with E-state index in [0.29, 0.717) is 12.2 Å². The molecule has 0 amide bonds. The Balaban J connectivity index is 3.20. The number of nitrogens with one attached hydrogen (secondary N) is 1. The number of sulfonamides is 1. The van der Waals surface area contributed by atoms with Crippen LogP contribution >= 0.6 is 0 Å². The normalized spacial score (nSPS) is 11.2. The van der Waals surface area contributed by atoms with Gasteiger partial charge in [0.2, 0.25) is 10.0 Å². The Hall–Kier alpha value is -1.07. The third-order valence-electron chi connectivity index (χ3n) is 1.56. The molecule has 0 heterocycles. The molecule has 0 atom stereocenters. The van der Waals surface area contributed by atoms with Crippen LogP contribution in [0.25, 0.3) is 0 Å². The molecule has 1 aromatic carbocycles. The van der Waals surface area contributed by atoms with E-state index >= 15 is 0 Å². The van der Waals surface area contributed by atoms with Gasteiger partial charge in [-0.1, -0.05) is 12.1 Å². The highest BCUT2D eigenvalue weighted by molar-refractivity contribution is 7.89. The molecule has 0 spiro atoms. The first-order valence-electron chi connectivity index (χ1n) is 3.91. The van der Waals surface area contributed by atoms with E-state index in [1.807, 2.05) is 6.92 Å². The lowest BCUT2D eigenvalue weighted by atomic mass is 10.3. The van der Waals surface area contributed by atoms with E-state index in [4.69, 9.17) is 5.14 Å². The first kappa shape index (κ1) is 10.0. The third kappa shape index (κ3) is 2.43. The molecule has 0 bridgehead atoms. The van der Waals surface area contributed by atoms with Gasteiger partial charge in [0.05, 0.1) is 5.69 Å². The maximum Gasteiger partial charge on any atom is 0.240 e. The largest absolute Gasteiger partial charge is 0.384 e. The topological polar surface area (TPSA) is 72.2 Å². The Morgan fingerprint density at radius 3 is 2.54 bits per heavy atom. The number of benzene rings is 1. The van der Waals surface area contributed by atoms with Gasteiger partial charge in [-0.25, -0.2) is 13.6 Å². The lowest BCUT2D eigenvalue weighted by Crippen LogP contribution is -2.14. The summed E-state index contributed by atoms with van der Waals surface area (Å²) in [4.78, 5) is 0.136. The predicted octanol–water partition coefficient (Wildman–Crippen LogP) is 0.766. The SMILES string of the molecule is CCNc1ccccc1S(N)(=O)=O. The molecular formula is C8H12N2O2S. The Labute approximate surface area is 77.8 Å². The molecule has 13 heavy (non-hydrogen) atoms. The Kier molecular flexibility index (Phi) is 2.90. The van der Waals surface area contributed by atoms with Crippen LogP contribution in [0.5, 0.6) is 0 Å². The van der Waals surface area contributed by atoms with Gasteiger partial charge in [-0.2, -0.15) is 0 Å². The van der Waals surface area contributed by atoms with Gasteiger partial charge in [-0.3, -0.25) is 0 Å². The fraction of sp³-hybridized carbons (Fsp3) is 0.250. The van der Waals surface area contributed by atoms with Crippen LogP contribution < -0.4 is 10.5 Å². The van der Waals surface area contributed by atoms with Crippen molar-refractivity contribution in [2.24, 2.45) is 5.14 Å². The zero-order valence-electron chi connectivity index (χ0n) is 7.32. The monoisotopic (exact) mass is 200 g/mol. The van der Waals surface area contributed by atoms with E-state index in [1.54, 1.807) is 18.2 Å². The molecule has 4 nitrogen and oxygen atoms in total. The zero-order valence-corrected chi connectivity index (χ0v) is 8.14. The summed E-state index contributed by atoms with van der Waals surface area (Å²) in [6.45, 7) is 2.55. The Morgan fingerprint density at radius 1 is 1.38 bits per heavy atom. The summed E-state index contributed by atoms with van der Waals surface area (Å²) in [6, 6.07) is 6.56. The third-order valence-corrected chi connectivity index (χ3v) is 2.53. The second-order valence-corrected chi connectivity index (χ2v) is 4.10. The van der Waals surface area contributed by atoms with Crippen LogP contribution in [0.3, 0.4) is 0 Å². The van der Waals surface area contributed by atoms with E-state index in [0.717, 1.165) is 0 Å². The van der Waals surface area contributed by atoms with Crippen LogP contribution in [-0.2, 0) is 10.0 Å². The molecule has 0 radical (unpaired) electrons. The molecule has 5 heteroatoms. The van der Waals surface area contributed by atoms with E-state index in [9.17, 15) is 8.42 Å². The summed E-state index contributed by atoms with van der Waals surface area (Å²) in [5, 5.41) is 7.94. The van der Waals surface area contributed by atoms with Crippen LogP contribution in [0.1, 0.15) is 6.92 Å². The van der Waals surface area contributed by atoms with Crippen LogP contribution in [0.4, 0.5) is 5.69 Å². The summed E-state index contributed by atoms with van der Waals surface area (Å²) < 4.78 is 22.1. The molecule has 0 aliphatic rings. The lowest BCUT2D eigenvalue weighted by Gasteiger charge is -2.07. The summed E-state index contributed by atoms with van der Waals surface area (Å²) in [5.74, 6) is 0. The van der Waals surface area contributed by atoms with Crippen molar-refractivity contribution >= 4 is 15.7 Å². The number of rotatable bonds is 3. The number of hydrogen-bond acceptors (Lipinski definition) is 3. The van der Waals surface area contributed by atoms with E-state index in [1.165, 1.54) is 6.07 Å². The van der Waals surface area contributed by atoms with Gasteiger partial charge in [-0.05, 0) is 19.1 Å². The van der Waals surface area contributed by atoms with Gasteiger partial charge in [-0.15, -0.1) is 0 Å². The van der Waals surface area contributed by atoms with Crippen molar-refractivity contribution in [1.82, 2.24) is 0 Å². The zero-order chi connectivity index (χ0) is 9.90. The van der Waals surface area contributed by atoms with Crippen molar-refractivity contribution in [3.8, 4) is 0 Å². The number of nitrogens with two attached hydrogens (primary N) is 1. The van der Waals surface area contributed by atoms with Crippen LogP contribution in [0.15, 0.2) is 29.2 Å². The second kappa shape index (κ2) is 3.76. The lowest BCUT2D eigenvalue weighted by molar-refractivity contribution is 0.598. The predicted molar refractivity (Wildman–Crippen MR) is 52.0 cm³/mol. The van der Waals surface area contributed by atoms with Crippen LogP contribution in [-0.4, -0.2) is 15.0 Å². The molecule has 0 unspecified atom stereocenters. The molecule has 0 aromatic heterocycles. The maximum atomic E-state index is 11.1. The number of anilines is 1. The van der Waals surface area contributed by atoms with Gasteiger partial charge in [0.25, 0.3) is 0 Å². The first-order chi connectivity index (χ1) is 6.05. The smallest absolute Gasteiger partial charge is 0.240 e. The quantitative estimate of drug-likeness (QED) is 0.756. The minimum atomic E-state index is -3.62. The standard InChI is InChI=1S/C8H12N2O2S/c1-2-10-7-5-3-4-6-8(7)13(9,11)12/h3-6,10H,2H2,1H3,(H2,9,11,12). The van der Waals surface area contributed by atoms with E-state index < -0.39 is 10.0 Å². The maximum absolute atomic E-state index is 11.1. The van der Waals surface area contributed by atoms with Gasteiger partial charge in [0, 0.05) is 6.54 Å². The minimum Gasteiger partial charge on any atom is -0.384 e. The van der Waals surface area contributed by atoms with E-state index in [2.05, 4.69) is 5.32 Å². The van der Waals surface area contributed by atoms with Crippen molar-refractivity contribution in [3.63, 3.8) is 0 Å². The molecule has 0 fully saturated rings. The fourth-order valence-corrected chi connectivity index (χ4v) is 1.77. The highest BCUT2D eigenvalue weighted by Crippen LogP contribution is 2.18. The fourth-order valence-electron chi connectivity index (χ4n) is 1.05. The molecule has 0 saturated heterocycles. The average molecular weight is 200 g/mol. The van der Waals surface area contributed by atoms with Crippen LogP contribution in [0.2, 0.25) is 0 Å². The summed E-state index contributed by atoms with van der Waals surface area (Å²) in [5.41, 5.74) is 0.549. The summed E-state index contributed by atoms with van der Waals surface area (Å²) >= 11 is 0. The average Bonchev–Trinajstić information content (AvgIpc) is 2.04. The van der Waals surface area contributed by atoms with Crippen molar-refractivity contribution < 1.29 is 8.42 Å². The molecule has 0 saturated carbocycles. The highest BCUT2D eigenvalue weighted by atomic mass is 32.2. The molecule has 1 aromatic rings. The van der Waals surface area contributed by atoms with Crippen molar-refractivity contribution in [2.45, 2.75) is 11.8 Å².